The Morgan fingerprint density at radius 3 is 2.71 bits per heavy atom. The Hall–Kier alpha value is -1.85. The van der Waals surface area contributed by atoms with Gasteiger partial charge < -0.3 is 15.8 Å². The van der Waals surface area contributed by atoms with Gasteiger partial charge in [0.25, 0.3) is 5.91 Å². The summed E-state index contributed by atoms with van der Waals surface area (Å²) >= 11 is 3.49. The molecule has 0 radical (unpaired) electrons. The first-order chi connectivity index (χ1) is 10.0. The van der Waals surface area contributed by atoms with Crippen molar-refractivity contribution in [3.8, 4) is 5.75 Å². The molecule has 0 bridgehead atoms. The van der Waals surface area contributed by atoms with Gasteiger partial charge in [-0.15, -0.1) is 0 Å². The largest absolute Gasteiger partial charge is 0.482 e. The molecule has 1 unspecified atom stereocenters. The Labute approximate surface area is 131 Å². The molecule has 0 saturated carbocycles. The van der Waals surface area contributed by atoms with Crippen LogP contribution in [-0.2, 0) is 4.79 Å². The van der Waals surface area contributed by atoms with Crippen LogP contribution in [0.15, 0.2) is 40.9 Å². The molecule has 3 N–H and O–H groups in total. The Bertz CT molecular complexity index is 715. The number of aryl methyl sites for hydroxylation is 1. The fraction of sp³-hybridized carbons (Fsp3) is 0.188. The molecule has 108 valence electrons. The van der Waals surface area contributed by atoms with Crippen molar-refractivity contribution < 1.29 is 9.53 Å². The number of carbonyl (C=O) groups is 1. The number of nitrogens with two attached hydrogens (primary N) is 1. The summed E-state index contributed by atoms with van der Waals surface area (Å²) in [7, 11) is 0. The molecule has 21 heavy (non-hydrogen) atoms. The van der Waals surface area contributed by atoms with E-state index in [1.54, 1.807) is 0 Å². The highest BCUT2D eigenvalue weighted by atomic mass is 79.9. The number of rotatable bonds is 2. The number of amides is 1. The summed E-state index contributed by atoms with van der Waals surface area (Å²) in [5.41, 5.74) is 10.1. The van der Waals surface area contributed by atoms with Crippen molar-refractivity contribution in [1.82, 2.24) is 0 Å². The lowest BCUT2D eigenvalue weighted by Crippen LogP contribution is -2.25. The van der Waals surface area contributed by atoms with Crippen molar-refractivity contribution in [2.24, 2.45) is 5.73 Å². The van der Waals surface area contributed by atoms with E-state index in [9.17, 15) is 4.79 Å². The fourth-order valence-corrected chi connectivity index (χ4v) is 2.59. The number of nitrogens with one attached hydrogen (secondary N) is 1. The lowest BCUT2D eigenvalue weighted by Gasteiger charge is -2.20. The van der Waals surface area contributed by atoms with Crippen LogP contribution < -0.4 is 15.8 Å². The van der Waals surface area contributed by atoms with Crippen molar-refractivity contribution >= 4 is 27.5 Å². The van der Waals surface area contributed by atoms with E-state index >= 15 is 0 Å². The van der Waals surface area contributed by atoms with Crippen LogP contribution in [0.4, 0.5) is 5.69 Å². The summed E-state index contributed by atoms with van der Waals surface area (Å²) in [6.45, 7) is 2.09. The number of fused-ring (bicyclic) bond motifs is 1. The van der Waals surface area contributed by atoms with Crippen LogP contribution >= 0.6 is 15.9 Å². The van der Waals surface area contributed by atoms with Crippen LogP contribution in [0.1, 0.15) is 22.7 Å². The summed E-state index contributed by atoms with van der Waals surface area (Å²) in [5, 5.41) is 2.80. The topological polar surface area (TPSA) is 64.3 Å². The van der Waals surface area contributed by atoms with Gasteiger partial charge in [0.05, 0.1) is 11.7 Å². The molecule has 1 aliphatic heterocycles. The van der Waals surface area contributed by atoms with Gasteiger partial charge >= 0.3 is 0 Å². The van der Waals surface area contributed by atoms with Gasteiger partial charge in [-0.1, -0.05) is 34.1 Å². The first-order valence-corrected chi connectivity index (χ1v) is 7.42. The third-order valence-electron chi connectivity index (χ3n) is 3.54. The number of benzene rings is 2. The van der Waals surface area contributed by atoms with Gasteiger partial charge in [-0.2, -0.15) is 0 Å². The summed E-state index contributed by atoms with van der Waals surface area (Å²) in [6, 6.07) is 11.4. The third-order valence-corrected chi connectivity index (χ3v) is 4.43. The molecule has 5 heteroatoms. The molecule has 1 amide bonds. The number of hydrogen-bond acceptors (Lipinski definition) is 3. The summed E-state index contributed by atoms with van der Waals surface area (Å²) in [5.74, 6) is 0.533. The van der Waals surface area contributed by atoms with Gasteiger partial charge in [0, 0.05) is 4.47 Å². The Balaban J connectivity index is 1.94. The zero-order valence-electron chi connectivity index (χ0n) is 11.5. The molecule has 0 fully saturated rings. The molecule has 1 aliphatic rings. The molecule has 2 aromatic carbocycles. The number of halogens is 1. The van der Waals surface area contributed by atoms with Crippen molar-refractivity contribution in [2.75, 3.05) is 11.9 Å². The summed E-state index contributed by atoms with van der Waals surface area (Å²) in [6.07, 6.45) is 0. The maximum Gasteiger partial charge on any atom is 0.262 e. The van der Waals surface area contributed by atoms with Crippen molar-refractivity contribution in [1.29, 1.82) is 0 Å². The van der Waals surface area contributed by atoms with E-state index in [-0.39, 0.29) is 18.6 Å². The zero-order chi connectivity index (χ0) is 15.0. The average molecular weight is 347 g/mol. The Morgan fingerprint density at radius 2 is 1.95 bits per heavy atom. The predicted molar refractivity (Wildman–Crippen MR) is 85.5 cm³/mol. The zero-order valence-corrected chi connectivity index (χ0v) is 13.1. The Kier molecular flexibility index (Phi) is 3.69. The molecule has 0 saturated heterocycles. The normalized spacial score (nSPS) is 14.9. The van der Waals surface area contributed by atoms with Crippen LogP contribution in [-0.4, -0.2) is 12.5 Å². The monoisotopic (exact) mass is 346 g/mol. The van der Waals surface area contributed by atoms with Crippen molar-refractivity contribution in [3.05, 3.63) is 57.6 Å². The third kappa shape index (κ3) is 2.80. The highest BCUT2D eigenvalue weighted by molar-refractivity contribution is 9.10. The molecule has 0 aromatic heterocycles. The molecule has 3 rings (SSSR count). The SMILES string of the molecule is Cc1cc(C(N)c2ccc3c(c2)NC(=O)CO3)ccc1Br. The summed E-state index contributed by atoms with van der Waals surface area (Å²) in [4.78, 5) is 11.4. The molecule has 1 atom stereocenters. The second-order valence-corrected chi connectivity index (χ2v) is 5.93. The van der Waals surface area contributed by atoms with Crippen molar-refractivity contribution in [2.45, 2.75) is 13.0 Å². The minimum Gasteiger partial charge on any atom is -0.482 e. The van der Waals surface area contributed by atoms with Gasteiger partial charge in [-0.3, -0.25) is 4.79 Å². The van der Waals surface area contributed by atoms with E-state index in [1.807, 2.05) is 37.3 Å². The van der Waals surface area contributed by atoms with E-state index in [0.29, 0.717) is 11.4 Å². The van der Waals surface area contributed by atoms with Gasteiger partial charge in [-0.05, 0) is 41.8 Å². The molecule has 2 aromatic rings. The van der Waals surface area contributed by atoms with Crippen LogP contribution in [0.2, 0.25) is 0 Å². The Morgan fingerprint density at radius 1 is 1.24 bits per heavy atom. The predicted octanol–water partition coefficient (Wildman–Crippen LogP) is 3.14. The van der Waals surface area contributed by atoms with Crippen LogP contribution in [0.25, 0.3) is 0 Å². The average Bonchev–Trinajstić information content (AvgIpc) is 2.48. The molecule has 0 aliphatic carbocycles. The lowest BCUT2D eigenvalue weighted by molar-refractivity contribution is -0.118. The first kappa shape index (κ1) is 14.1. The van der Waals surface area contributed by atoms with E-state index < -0.39 is 0 Å². The van der Waals surface area contributed by atoms with E-state index in [4.69, 9.17) is 10.5 Å². The molecular weight excluding hydrogens is 332 g/mol. The highest BCUT2D eigenvalue weighted by Crippen LogP contribution is 2.32. The number of ether oxygens (including phenoxy) is 1. The van der Waals surface area contributed by atoms with Gasteiger partial charge in [0.15, 0.2) is 6.61 Å². The minimum absolute atomic E-state index is 0.0598. The van der Waals surface area contributed by atoms with Gasteiger partial charge in [-0.25, -0.2) is 0 Å². The summed E-state index contributed by atoms with van der Waals surface area (Å²) < 4.78 is 6.41. The molecular formula is C16H15BrN2O2. The lowest BCUT2D eigenvalue weighted by atomic mass is 9.97. The maximum atomic E-state index is 11.4. The molecule has 0 spiro atoms. The standard InChI is InChI=1S/C16H15BrN2O2/c1-9-6-10(2-4-12(9)17)16(18)11-3-5-14-13(7-11)19-15(20)8-21-14/h2-7,16H,8,18H2,1H3,(H,19,20). The van der Waals surface area contributed by atoms with Crippen molar-refractivity contribution in [3.63, 3.8) is 0 Å². The van der Waals surface area contributed by atoms with Crippen LogP contribution in [0.5, 0.6) is 5.75 Å². The highest BCUT2D eigenvalue weighted by Gasteiger charge is 2.18. The van der Waals surface area contributed by atoms with E-state index in [2.05, 4.69) is 27.3 Å². The number of carbonyl (C=O) groups excluding carboxylic acids is 1. The van der Waals surface area contributed by atoms with Crippen LogP contribution in [0.3, 0.4) is 0 Å². The number of anilines is 1. The van der Waals surface area contributed by atoms with Gasteiger partial charge in [0.1, 0.15) is 5.75 Å². The second-order valence-electron chi connectivity index (χ2n) is 5.08. The second kappa shape index (κ2) is 5.50. The van der Waals surface area contributed by atoms with Crippen LogP contribution in [0, 0.1) is 6.92 Å². The number of hydrogen-bond donors (Lipinski definition) is 2. The molecule has 4 nitrogen and oxygen atoms in total. The molecule has 1 heterocycles. The smallest absolute Gasteiger partial charge is 0.262 e. The van der Waals surface area contributed by atoms with E-state index in [1.165, 1.54) is 0 Å². The quantitative estimate of drug-likeness (QED) is 0.877. The van der Waals surface area contributed by atoms with Gasteiger partial charge in [0.2, 0.25) is 0 Å². The minimum atomic E-state index is -0.249. The van der Waals surface area contributed by atoms with E-state index in [0.717, 1.165) is 21.2 Å². The fourth-order valence-electron chi connectivity index (χ4n) is 2.35. The maximum absolute atomic E-state index is 11.4. The first-order valence-electron chi connectivity index (χ1n) is 6.63.